The maximum atomic E-state index is 11.6. The van der Waals surface area contributed by atoms with E-state index in [0.717, 1.165) is 5.56 Å². The second kappa shape index (κ2) is 4.99. The molecule has 2 rings (SSSR count). The van der Waals surface area contributed by atoms with E-state index in [1.54, 1.807) is 4.57 Å². The molecular formula is C13H18N4O2S. The number of rotatable bonds is 3. The van der Waals surface area contributed by atoms with E-state index < -0.39 is 15.6 Å². The van der Waals surface area contributed by atoms with Crippen LogP contribution in [0.3, 0.4) is 0 Å². The molecule has 0 aliphatic heterocycles. The molecule has 2 aromatic rings. The summed E-state index contributed by atoms with van der Waals surface area (Å²) < 4.78 is 24.8. The third-order valence-corrected chi connectivity index (χ3v) is 3.60. The van der Waals surface area contributed by atoms with E-state index >= 15 is 0 Å². The highest BCUT2D eigenvalue weighted by Gasteiger charge is 2.28. The fourth-order valence-electron chi connectivity index (χ4n) is 2.05. The average Bonchev–Trinajstić information content (AvgIpc) is 2.73. The third kappa shape index (κ3) is 3.05. The molecule has 6 nitrogen and oxygen atoms in total. The minimum absolute atomic E-state index is 0.198. The lowest BCUT2D eigenvalue weighted by Gasteiger charge is -2.24. The lowest BCUT2D eigenvalue weighted by atomic mass is 10.1. The maximum absolute atomic E-state index is 11.6. The van der Waals surface area contributed by atoms with Gasteiger partial charge in [0.15, 0.2) is 0 Å². The molecule has 0 radical (unpaired) electrons. The van der Waals surface area contributed by atoms with Crippen molar-refractivity contribution in [3.63, 3.8) is 0 Å². The molecule has 1 aromatic carbocycles. The molecule has 0 bridgehead atoms. The largest absolute Gasteiger partial charge is 0.295 e. The quantitative estimate of drug-likeness (QED) is 0.923. The summed E-state index contributed by atoms with van der Waals surface area (Å²) in [5.41, 5.74) is 0.557. The summed E-state index contributed by atoms with van der Waals surface area (Å²) in [4.78, 5) is 0. The summed E-state index contributed by atoms with van der Waals surface area (Å²) in [5, 5.41) is 12.8. The Morgan fingerprint density at radius 2 is 1.75 bits per heavy atom. The Hall–Kier alpha value is -1.73. The van der Waals surface area contributed by atoms with Gasteiger partial charge < -0.3 is 0 Å². The van der Waals surface area contributed by atoms with Crippen molar-refractivity contribution in [1.82, 2.24) is 14.8 Å². The fourth-order valence-corrected chi connectivity index (χ4v) is 2.84. The summed E-state index contributed by atoms with van der Waals surface area (Å²) in [5.74, 6) is 0.577. The number of nitrogens with two attached hydrogens (primary N) is 1. The van der Waals surface area contributed by atoms with Crippen molar-refractivity contribution in [3.05, 3.63) is 41.7 Å². The van der Waals surface area contributed by atoms with Crippen LogP contribution in [-0.4, -0.2) is 23.2 Å². The molecule has 1 heterocycles. The summed E-state index contributed by atoms with van der Waals surface area (Å²) in [6.07, 6.45) is 0.501. The number of primary sulfonamides is 1. The van der Waals surface area contributed by atoms with Gasteiger partial charge in [-0.25, -0.2) is 13.6 Å². The van der Waals surface area contributed by atoms with E-state index in [2.05, 4.69) is 10.2 Å². The number of aromatic nitrogens is 3. The van der Waals surface area contributed by atoms with Crippen LogP contribution in [0.15, 0.2) is 35.5 Å². The zero-order valence-corrected chi connectivity index (χ0v) is 12.6. The predicted molar refractivity (Wildman–Crippen MR) is 75.6 cm³/mol. The van der Waals surface area contributed by atoms with Crippen LogP contribution in [-0.2, 0) is 22.0 Å². The first-order valence-corrected chi connectivity index (χ1v) is 7.76. The Balaban J connectivity index is 2.53. The van der Waals surface area contributed by atoms with E-state index in [9.17, 15) is 8.42 Å². The van der Waals surface area contributed by atoms with Gasteiger partial charge in [-0.3, -0.25) is 4.57 Å². The highest BCUT2D eigenvalue weighted by atomic mass is 32.2. The van der Waals surface area contributed by atoms with Gasteiger partial charge >= 0.3 is 0 Å². The SMILES string of the molecule is CC(C)(C)n1c(Cc2ccccc2)nnc1S(N)(=O)=O. The zero-order chi connectivity index (χ0) is 15.0. The summed E-state index contributed by atoms with van der Waals surface area (Å²) in [6, 6.07) is 9.69. The molecule has 0 spiro atoms. The highest BCUT2D eigenvalue weighted by Crippen LogP contribution is 2.22. The fraction of sp³-hybridized carbons (Fsp3) is 0.385. The van der Waals surface area contributed by atoms with Crippen LogP contribution in [0.1, 0.15) is 32.2 Å². The van der Waals surface area contributed by atoms with Crippen LogP contribution in [0.25, 0.3) is 0 Å². The molecule has 0 saturated carbocycles. The first-order valence-electron chi connectivity index (χ1n) is 6.21. The van der Waals surface area contributed by atoms with Crippen molar-refractivity contribution in [2.45, 2.75) is 37.9 Å². The van der Waals surface area contributed by atoms with E-state index in [-0.39, 0.29) is 5.16 Å². The van der Waals surface area contributed by atoms with Crippen molar-refractivity contribution < 1.29 is 8.42 Å². The van der Waals surface area contributed by atoms with Crippen LogP contribution in [0.4, 0.5) is 0 Å². The van der Waals surface area contributed by atoms with Crippen molar-refractivity contribution in [3.8, 4) is 0 Å². The first kappa shape index (κ1) is 14.7. The maximum Gasteiger partial charge on any atom is 0.273 e. The van der Waals surface area contributed by atoms with Gasteiger partial charge in [-0.2, -0.15) is 0 Å². The van der Waals surface area contributed by atoms with Gasteiger partial charge in [0.25, 0.3) is 15.2 Å². The van der Waals surface area contributed by atoms with Gasteiger partial charge in [0.05, 0.1) is 0 Å². The Bertz CT molecular complexity index is 700. The Morgan fingerprint density at radius 3 is 2.25 bits per heavy atom. The monoisotopic (exact) mass is 294 g/mol. The van der Waals surface area contributed by atoms with Crippen molar-refractivity contribution in [2.24, 2.45) is 5.14 Å². The minimum atomic E-state index is -3.90. The smallest absolute Gasteiger partial charge is 0.273 e. The van der Waals surface area contributed by atoms with Crippen LogP contribution in [0.2, 0.25) is 0 Å². The topological polar surface area (TPSA) is 90.9 Å². The molecule has 108 valence electrons. The molecule has 0 amide bonds. The van der Waals surface area contributed by atoms with E-state index in [4.69, 9.17) is 5.14 Å². The van der Waals surface area contributed by atoms with Crippen molar-refractivity contribution in [2.75, 3.05) is 0 Å². The van der Waals surface area contributed by atoms with Gasteiger partial charge in [0.1, 0.15) is 5.82 Å². The number of benzene rings is 1. The van der Waals surface area contributed by atoms with Crippen LogP contribution >= 0.6 is 0 Å². The van der Waals surface area contributed by atoms with Crippen LogP contribution in [0, 0.1) is 0 Å². The molecule has 0 saturated heterocycles. The molecule has 20 heavy (non-hydrogen) atoms. The lowest BCUT2D eigenvalue weighted by molar-refractivity contribution is 0.351. The predicted octanol–water partition coefficient (Wildman–Crippen LogP) is 1.27. The van der Waals surface area contributed by atoms with Gasteiger partial charge in [0.2, 0.25) is 0 Å². The lowest BCUT2D eigenvalue weighted by Crippen LogP contribution is -2.30. The van der Waals surface area contributed by atoms with E-state index in [1.807, 2.05) is 51.1 Å². The molecule has 0 fully saturated rings. The Labute approximate surface area is 118 Å². The number of sulfonamides is 1. The molecule has 2 N–H and O–H groups in total. The van der Waals surface area contributed by atoms with E-state index in [0.29, 0.717) is 12.2 Å². The molecular weight excluding hydrogens is 276 g/mol. The molecule has 0 aliphatic carbocycles. The van der Waals surface area contributed by atoms with Gasteiger partial charge in [-0.1, -0.05) is 30.3 Å². The minimum Gasteiger partial charge on any atom is -0.295 e. The van der Waals surface area contributed by atoms with Gasteiger partial charge in [0, 0.05) is 12.0 Å². The van der Waals surface area contributed by atoms with Gasteiger partial charge in [-0.15, -0.1) is 10.2 Å². The standard InChI is InChI=1S/C13H18N4O2S/c1-13(2,3)17-11(9-10-7-5-4-6-8-10)15-16-12(17)20(14,18)19/h4-8H,9H2,1-3H3,(H2,14,18,19). The van der Waals surface area contributed by atoms with Crippen molar-refractivity contribution in [1.29, 1.82) is 0 Å². The highest BCUT2D eigenvalue weighted by molar-refractivity contribution is 7.89. The average molecular weight is 294 g/mol. The molecule has 1 aromatic heterocycles. The second-order valence-corrected chi connectivity index (χ2v) is 7.07. The second-order valence-electron chi connectivity index (χ2n) is 5.61. The third-order valence-electron chi connectivity index (χ3n) is 2.83. The molecule has 0 unspecified atom stereocenters. The summed E-state index contributed by atoms with van der Waals surface area (Å²) in [6.45, 7) is 5.67. The number of hydrogen-bond acceptors (Lipinski definition) is 4. The van der Waals surface area contributed by atoms with E-state index in [1.165, 1.54) is 0 Å². The zero-order valence-electron chi connectivity index (χ0n) is 11.7. The summed E-state index contributed by atoms with van der Waals surface area (Å²) in [7, 11) is -3.90. The Morgan fingerprint density at radius 1 is 1.15 bits per heavy atom. The first-order chi connectivity index (χ1) is 9.19. The van der Waals surface area contributed by atoms with Crippen LogP contribution < -0.4 is 5.14 Å². The van der Waals surface area contributed by atoms with Gasteiger partial charge in [-0.05, 0) is 26.3 Å². The summed E-state index contributed by atoms with van der Waals surface area (Å²) >= 11 is 0. The molecule has 0 aliphatic rings. The van der Waals surface area contributed by atoms with Crippen molar-refractivity contribution >= 4 is 10.0 Å². The normalized spacial score (nSPS) is 12.6. The number of nitrogens with zero attached hydrogens (tertiary/aromatic N) is 3. The molecule has 0 atom stereocenters. The van der Waals surface area contributed by atoms with Crippen LogP contribution in [0.5, 0.6) is 0 Å². The molecule has 7 heteroatoms. The Kier molecular flexibility index (Phi) is 3.66. The number of hydrogen-bond donors (Lipinski definition) is 1.